The lowest BCUT2D eigenvalue weighted by Gasteiger charge is -2.34. The molecule has 27 heavy (non-hydrogen) atoms. The second-order valence-electron chi connectivity index (χ2n) is 6.15. The molecule has 10 heteroatoms. The van der Waals surface area contributed by atoms with E-state index in [1.165, 1.54) is 12.1 Å². The molecule has 2 heterocycles. The molecule has 1 aliphatic heterocycles. The summed E-state index contributed by atoms with van der Waals surface area (Å²) in [6.45, 7) is 3.07. The Kier molecular flexibility index (Phi) is 5.52. The highest BCUT2D eigenvalue weighted by Gasteiger charge is 2.33. The minimum atomic E-state index is -4.73. The maximum absolute atomic E-state index is 12.3. The summed E-state index contributed by atoms with van der Waals surface area (Å²) in [5, 5.41) is 3.74. The van der Waals surface area contributed by atoms with Crippen LogP contribution in [0.2, 0.25) is 0 Å². The van der Waals surface area contributed by atoms with Gasteiger partial charge in [-0.15, -0.1) is 13.2 Å². The number of amides is 1. The molecule has 146 valence electrons. The van der Waals surface area contributed by atoms with Crippen molar-refractivity contribution in [3.8, 4) is 11.8 Å². The van der Waals surface area contributed by atoms with Gasteiger partial charge in [0, 0.05) is 19.0 Å². The van der Waals surface area contributed by atoms with Gasteiger partial charge in [-0.25, -0.2) is 0 Å². The first kappa shape index (κ1) is 19.0. The van der Waals surface area contributed by atoms with Gasteiger partial charge >= 0.3 is 12.4 Å². The highest BCUT2D eigenvalue weighted by atomic mass is 19.4. The number of hydrogen-bond acceptors (Lipinski definition) is 6. The second-order valence-corrected chi connectivity index (χ2v) is 6.15. The lowest BCUT2D eigenvalue weighted by Crippen LogP contribution is -2.37. The van der Waals surface area contributed by atoms with E-state index in [-0.39, 0.29) is 23.6 Å². The quantitative estimate of drug-likeness (QED) is 0.711. The molecule has 1 aromatic carbocycles. The maximum Gasteiger partial charge on any atom is 0.573 e. The molecular formula is C17H18F3N3O4. The molecule has 1 saturated heterocycles. The van der Waals surface area contributed by atoms with Crippen molar-refractivity contribution in [2.45, 2.75) is 31.5 Å². The molecule has 2 aromatic rings. The zero-order valence-corrected chi connectivity index (χ0v) is 14.5. The van der Waals surface area contributed by atoms with Gasteiger partial charge in [0.05, 0.1) is 12.5 Å². The molecule has 0 saturated carbocycles. The monoisotopic (exact) mass is 385 g/mol. The van der Waals surface area contributed by atoms with Gasteiger partial charge in [0.15, 0.2) is 0 Å². The molecule has 2 atom stereocenters. The number of likely N-dealkylation sites (tertiary alicyclic amines) is 1. The van der Waals surface area contributed by atoms with Crippen LogP contribution < -0.4 is 9.47 Å². The van der Waals surface area contributed by atoms with E-state index < -0.39 is 6.36 Å². The van der Waals surface area contributed by atoms with E-state index in [9.17, 15) is 18.0 Å². The fourth-order valence-corrected chi connectivity index (χ4v) is 3.16. The van der Waals surface area contributed by atoms with E-state index in [0.29, 0.717) is 32.0 Å². The lowest BCUT2D eigenvalue weighted by atomic mass is 9.84. The molecule has 1 aromatic heterocycles. The van der Waals surface area contributed by atoms with Crippen molar-refractivity contribution in [1.29, 1.82) is 0 Å². The van der Waals surface area contributed by atoms with Crippen LogP contribution in [0.4, 0.5) is 13.2 Å². The highest BCUT2D eigenvalue weighted by molar-refractivity contribution is 5.48. The number of alkyl halides is 3. The van der Waals surface area contributed by atoms with Crippen LogP contribution in [0, 0.1) is 0 Å². The van der Waals surface area contributed by atoms with Gasteiger partial charge in [-0.3, -0.25) is 4.79 Å². The Hall–Kier alpha value is -2.78. The number of carbonyl (C=O) groups is 1. The van der Waals surface area contributed by atoms with Gasteiger partial charge in [-0.1, -0.05) is 12.1 Å². The van der Waals surface area contributed by atoms with Crippen LogP contribution >= 0.6 is 0 Å². The van der Waals surface area contributed by atoms with Crippen LogP contribution in [-0.2, 0) is 4.79 Å². The van der Waals surface area contributed by atoms with Gasteiger partial charge in [0.2, 0.25) is 12.3 Å². The number of benzene rings is 1. The Balaban J connectivity index is 1.75. The molecule has 3 rings (SSSR count). The maximum atomic E-state index is 12.3. The third-order valence-electron chi connectivity index (χ3n) is 4.26. The SMILES string of the molecule is CCOc1noc(C2CC(c3ccc(OC(F)(F)F)cc3)CN(C=O)C2)n1. The van der Waals surface area contributed by atoms with Crippen LogP contribution in [0.25, 0.3) is 0 Å². The molecule has 0 bridgehead atoms. The first-order valence-corrected chi connectivity index (χ1v) is 8.39. The van der Waals surface area contributed by atoms with Crippen molar-refractivity contribution in [2.75, 3.05) is 19.7 Å². The summed E-state index contributed by atoms with van der Waals surface area (Å²) in [4.78, 5) is 17.1. The van der Waals surface area contributed by atoms with Crippen LogP contribution in [0.15, 0.2) is 28.8 Å². The van der Waals surface area contributed by atoms with E-state index in [2.05, 4.69) is 14.9 Å². The standard InChI is InChI=1S/C17H18F3N3O4/c1-2-25-16-21-15(27-22-16)13-7-12(8-23(9-13)10-24)11-3-5-14(6-4-11)26-17(18,19)20/h3-6,10,12-13H,2,7-9H2,1H3. The lowest BCUT2D eigenvalue weighted by molar-refractivity contribution is -0.274. The molecule has 7 nitrogen and oxygen atoms in total. The van der Waals surface area contributed by atoms with Crippen LogP contribution in [0.3, 0.4) is 0 Å². The number of piperidine rings is 1. The number of aromatic nitrogens is 2. The molecular weight excluding hydrogens is 367 g/mol. The minimum absolute atomic E-state index is 0.0867. The Morgan fingerprint density at radius 2 is 1.96 bits per heavy atom. The van der Waals surface area contributed by atoms with Crippen molar-refractivity contribution in [1.82, 2.24) is 15.0 Å². The molecule has 1 fully saturated rings. The van der Waals surface area contributed by atoms with Crippen molar-refractivity contribution < 1.29 is 32.0 Å². The van der Waals surface area contributed by atoms with Crippen molar-refractivity contribution in [3.05, 3.63) is 35.7 Å². The Morgan fingerprint density at radius 1 is 1.26 bits per heavy atom. The number of ether oxygens (including phenoxy) is 2. The molecule has 0 N–H and O–H groups in total. The minimum Gasteiger partial charge on any atom is -0.462 e. The van der Waals surface area contributed by atoms with Gasteiger partial charge in [-0.2, -0.15) is 4.98 Å². The largest absolute Gasteiger partial charge is 0.573 e. The normalized spacial score (nSPS) is 20.4. The van der Waals surface area contributed by atoms with Crippen molar-refractivity contribution in [3.63, 3.8) is 0 Å². The van der Waals surface area contributed by atoms with Crippen molar-refractivity contribution in [2.24, 2.45) is 0 Å². The van der Waals surface area contributed by atoms with E-state index in [0.717, 1.165) is 12.0 Å². The highest BCUT2D eigenvalue weighted by Crippen LogP contribution is 2.36. The van der Waals surface area contributed by atoms with E-state index in [1.807, 2.05) is 0 Å². The molecule has 0 aliphatic carbocycles. The number of hydrogen-bond donors (Lipinski definition) is 0. The zero-order chi connectivity index (χ0) is 19.4. The molecule has 2 unspecified atom stereocenters. The first-order valence-electron chi connectivity index (χ1n) is 8.39. The number of rotatable bonds is 6. The van der Waals surface area contributed by atoms with Crippen molar-refractivity contribution >= 4 is 6.41 Å². The predicted octanol–water partition coefficient (Wildman–Crippen LogP) is 3.10. The summed E-state index contributed by atoms with van der Waals surface area (Å²) in [7, 11) is 0. The van der Waals surface area contributed by atoms with Gasteiger partial charge in [0.1, 0.15) is 5.75 Å². The van der Waals surface area contributed by atoms with Crippen LogP contribution in [0.1, 0.15) is 36.6 Å². The average molecular weight is 385 g/mol. The summed E-state index contributed by atoms with van der Waals surface area (Å²) in [5.41, 5.74) is 0.797. The smallest absolute Gasteiger partial charge is 0.462 e. The van der Waals surface area contributed by atoms with Crippen LogP contribution in [0.5, 0.6) is 11.8 Å². The molecule has 1 amide bonds. The number of nitrogens with zero attached hydrogens (tertiary/aromatic N) is 3. The first-order chi connectivity index (χ1) is 12.9. The summed E-state index contributed by atoms with van der Waals surface area (Å²) in [6, 6.07) is 5.79. The van der Waals surface area contributed by atoms with E-state index in [1.54, 1.807) is 24.0 Å². The fourth-order valence-electron chi connectivity index (χ4n) is 3.16. The number of carbonyl (C=O) groups excluding carboxylic acids is 1. The molecule has 0 radical (unpaired) electrons. The summed E-state index contributed by atoms with van der Waals surface area (Å²) in [6.07, 6.45) is -3.39. The Labute approximate surface area is 153 Å². The van der Waals surface area contributed by atoms with Gasteiger partial charge < -0.3 is 18.9 Å². The van der Waals surface area contributed by atoms with E-state index in [4.69, 9.17) is 9.26 Å². The van der Waals surface area contributed by atoms with Gasteiger partial charge in [-0.05, 0) is 36.2 Å². The topological polar surface area (TPSA) is 77.7 Å². The fraction of sp³-hybridized carbons (Fsp3) is 0.471. The second kappa shape index (κ2) is 7.85. The number of halogens is 3. The molecule has 0 spiro atoms. The summed E-state index contributed by atoms with van der Waals surface area (Å²) in [5.74, 6) is -0.200. The summed E-state index contributed by atoms with van der Waals surface area (Å²) >= 11 is 0. The molecule has 1 aliphatic rings. The van der Waals surface area contributed by atoms with E-state index >= 15 is 0 Å². The average Bonchev–Trinajstić information content (AvgIpc) is 3.10. The third-order valence-corrected chi connectivity index (χ3v) is 4.26. The summed E-state index contributed by atoms with van der Waals surface area (Å²) < 4.78 is 51.2. The third kappa shape index (κ3) is 4.89. The van der Waals surface area contributed by atoms with Crippen LogP contribution in [-0.4, -0.2) is 47.5 Å². The predicted molar refractivity (Wildman–Crippen MR) is 86.3 cm³/mol. The van der Waals surface area contributed by atoms with Gasteiger partial charge in [0.25, 0.3) is 0 Å². The Morgan fingerprint density at radius 3 is 2.59 bits per heavy atom. The zero-order valence-electron chi connectivity index (χ0n) is 14.5. The Bertz CT molecular complexity index is 764.